The second-order valence-electron chi connectivity index (χ2n) is 3.91. The first-order valence-corrected chi connectivity index (χ1v) is 6.05. The molecule has 1 amide bonds. The van der Waals surface area contributed by atoms with Gasteiger partial charge in [0.15, 0.2) is 0 Å². The number of carbonyl (C=O) groups excluding carboxylic acids is 1. The highest BCUT2D eigenvalue weighted by Gasteiger charge is 2.02. The van der Waals surface area contributed by atoms with Gasteiger partial charge in [0.25, 0.3) is 5.91 Å². The second kappa shape index (κ2) is 6.11. The van der Waals surface area contributed by atoms with E-state index in [9.17, 15) is 4.79 Å². The number of carbonyl (C=O) groups is 1. The van der Waals surface area contributed by atoms with Crippen molar-refractivity contribution >= 4 is 23.7 Å². The summed E-state index contributed by atoms with van der Waals surface area (Å²) in [5, 5.41) is 4.45. The van der Waals surface area contributed by atoms with Crippen molar-refractivity contribution in [2.75, 3.05) is 0 Å². The van der Waals surface area contributed by atoms with E-state index in [1.165, 1.54) is 6.21 Å². The Morgan fingerprint density at radius 3 is 2.68 bits per heavy atom. The van der Waals surface area contributed by atoms with Crippen molar-refractivity contribution in [3.8, 4) is 0 Å². The molecular weight excluding hydrogens is 262 g/mol. The molecule has 0 unspecified atom stereocenters. The molecule has 0 saturated carbocycles. The number of hydrogen-bond acceptors (Lipinski definition) is 3. The number of aryl methyl sites for hydroxylation is 1. The second-order valence-corrected chi connectivity index (χ2v) is 4.35. The molecule has 0 radical (unpaired) electrons. The highest BCUT2D eigenvalue weighted by Crippen LogP contribution is 2.09. The molecule has 0 bridgehead atoms. The number of nitrogens with one attached hydrogen (secondary N) is 1. The maximum atomic E-state index is 11.7. The number of benzene rings is 1. The Kier molecular flexibility index (Phi) is 4.26. The van der Waals surface area contributed by atoms with Gasteiger partial charge in [0.05, 0.1) is 11.9 Å². The molecule has 0 aliphatic heterocycles. The van der Waals surface area contributed by atoms with Crippen LogP contribution in [0.2, 0.25) is 5.02 Å². The van der Waals surface area contributed by atoms with Gasteiger partial charge in [-0.2, -0.15) is 5.10 Å². The fraction of sp³-hybridized carbons (Fsp3) is 0.0714. The van der Waals surface area contributed by atoms with E-state index < -0.39 is 0 Å². The van der Waals surface area contributed by atoms with Crippen LogP contribution < -0.4 is 5.43 Å². The van der Waals surface area contributed by atoms with Crippen LogP contribution in [0.25, 0.3) is 0 Å². The van der Waals surface area contributed by atoms with Gasteiger partial charge in [-0.25, -0.2) is 5.43 Å². The highest BCUT2D eigenvalue weighted by molar-refractivity contribution is 6.30. The topological polar surface area (TPSA) is 54.4 Å². The molecule has 0 saturated heterocycles. The molecule has 1 N–H and O–H groups in total. The zero-order chi connectivity index (χ0) is 13.7. The molecule has 0 aliphatic carbocycles. The Hall–Kier alpha value is -2.20. The van der Waals surface area contributed by atoms with E-state index in [2.05, 4.69) is 15.5 Å². The van der Waals surface area contributed by atoms with Crippen LogP contribution in [0, 0.1) is 6.92 Å². The predicted octanol–water partition coefficient (Wildman–Crippen LogP) is 2.81. The van der Waals surface area contributed by atoms with Gasteiger partial charge in [-0.15, -0.1) is 0 Å². The van der Waals surface area contributed by atoms with E-state index in [4.69, 9.17) is 11.6 Å². The zero-order valence-corrected chi connectivity index (χ0v) is 11.1. The van der Waals surface area contributed by atoms with Crippen LogP contribution in [0.15, 0.2) is 47.6 Å². The number of halogens is 1. The summed E-state index contributed by atoms with van der Waals surface area (Å²) in [6.07, 6.45) is 1.50. The molecule has 0 atom stereocenters. The number of aromatic nitrogens is 1. The molecule has 19 heavy (non-hydrogen) atoms. The Bertz CT molecular complexity index is 608. The lowest BCUT2D eigenvalue weighted by Crippen LogP contribution is -2.17. The third kappa shape index (κ3) is 3.89. The third-order valence-electron chi connectivity index (χ3n) is 2.38. The smallest absolute Gasteiger partial charge is 0.267 e. The van der Waals surface area contributed by atoms with Gasteiger partial charge < -0.3 is 0 Å². The Morgan fingerprint density at radius 1 is 1.26 bits per heavy atom. The summed E-state index contributed by atoms with van der Waals surface area (Å²) in [5.74, 6) is -0.291. The monoisotopic (exact) mass is 273 g/mol. The van der Waals surface area contributed by atoms with Gasteiger partial charge in [-0.3, -0.25) is 9.78 Å². The molecule has 0 spiro atoms. The minimum atomic E-state index is -0.291. The van der Waals surface area contributed by atoms with E-state index in [1.807, 2.05) is 25.1 Å². The summed E-state index contributed by atoms with van der Waals surface area (Å²) >= 11 is 5.75. The summed E-state index contributed by atoms with van der Waals surface area (Å²) in [6, 6.07) is 12.2. The van der Waals surface area contributed by atoms with Gasteiger partial charge in [-0.1, -0.05) is 17.7 Å². The van der Waals surface area contributed by atoms with Gasteiger partial charge in [0, 0.05) is 16.3 Å². The quantitative estimate of drug-likeness (QED) is 0.691. The lowest BCUT2D eigenvalue weighted by molar-refractivity contribution is 0.0955. The Balaban J connectivity index is 1.98. The highest BCUT2D eigenvalue weighted by atomic mass is 35.5. The predicted molar refractivity (Wildman–Crippen MR) is 75.5 cm³/mol. The molecule has 0 aliphatic rings. The van der Waals surface area contributed by atoms with Gasteiger partial charge in [-0.05, 0) is 43.3 Å². The summed E-state index contributed by atoms with van der Waals surface area (Å²) in [7, 11) is 0. The first-order chi connectivity index (χ1) is 9.15. The standard InChI is InChI=1S/C14H12ClN3O/c1-10-3-2-4-13(17-10)9-16-18-14(19)11-5-7-12(15)8-6-11/h2-9H,1H3,(H,18,19). The maximum absolute atomic E-state index is 11.7. The number of pyridine rings is 1. The molecule has 0 fully saturated rings. The van der Waals surface area contributed by atoms with E-state index in [0.717, 1.165) is 5.69 Å². The van der Waals surface area contributed by atoms with Crippen LogP contribution in [0.5, 0.6) is 0 Å². The molecule has 1 aromatic carbocycles. The first-order valence-electron chi connectivity index (χ1n) is 5.68. The third-order valence-corrected chi connectivity index (χ3v) is 2.63. The van der Waals surface area contributed by atoms with E-state index in [0.29, 0.717) is 16.3 Å². The first kappa shape index (κ1) is 13.2. The average Bonchev–Trinajstić information content (AvgIpc) is 2.39. The van der Waals surface area contributed by atoms with Crippen molar-refractivity contribution in [3.05, 3.63) is 64.4 Å². The Labute approximate surface area is 116 Å². The van der Waals surface area contributed by atoms with Crippen LogP contribution in [0.1, 0.15) is 21.7 Å². The maximum Gasteiger partial charge on any atom is 0.271 e. The number of rotatable bonds is 3. The van der Waals surface area contributed by atoms with Crippen molar-refractivity contribution in [3.63, 3.8) is 0 Å². The van der Waals surface area contributed by atoms with Crippen LogP contribution in [-0.2, 0) is 0 Å². The van der Waals surface area contributed by atoms with E-state index in [1.54, 1.807) is 24.3 Å². The normalized spacial score (nSPS) is 10.6. The number of hydrazone groups is 1. The van der Waals surface area contributed by atoms with E-state index >= 15 is 0 Å². The van der Waals surface area contributed by atoms with Crippen molar-refractivity contribution < 1.29 is 4.79 Å². The van der Waals surface area contributed by atoms with E-state index in [-0.39, 0.29) is 5.91 Å². The van der Waals surface area contributed by atoms with Gasteiger partial charge in [0.1, 0.15) is 0 Å². The molecule has 5 heteroatoms. The number of nitrogens with zero attached hydrogens (tertiary/aromatic N) is 2. The average molecular weight is 274 g/mol. The van der Waals surface area contributed by atoms with Crippen LogP contribution in [0.3, 0.4) is 0 Å². The number of hydrogen-bond donors (Lipinski definition) is 1. The lowest BCUT2D eigenvalue weighted by Gasteiger charge is -1.99. The van der Waals surface area contributed by atoms with Crippen molar-refractivity contribution in [1.82, 2.24) is 10.4 Å². The molecule has 96 valence electrons. The minimum absolute atomic E-state index is 0.291. The van der Waals surface area contributed by atoms with Crippen LogP contribution in [-0.4, -0.2) is 17.1 Å². The molecule has 4 nitrogen and oxygen atoms in total. The minimum Gasteiger partial charge on any atom is -0.267 e. The van der Waals surface area contributed by atoms with Crippen molar-refractivity contribution in [2.24, 2.45) is 5.10 Å². The van der Waals surface area contributed by atoms with Crippen LogP contribution >= 0.6 is 11.6 Å². The molecule has 1 heterocycles. The fourth-order valence-electron chi connectivity index (χ4n) is 1.46. The Morgan fingerprint density at radius 2 is 2.00 bits per heavy atom. The molecular formula is C14H12ClN3O. The van der Waals surface area contributed by atoms with Crippen LogP contribution in [0.4, 0.5) is 0 Å². The fourth-order valence-corrected chi connectivity index (χ4v) is 1.58. The molecule has 2 rings (SSSR count). The summed E-state index contributed by atoms with van der Waals surface area (Å²) in [4.78, 5) is 16.0. The van der Waals surface area contributed by atoms with Crippen molar-refractivity contribution in [2.45, 2.75) is 6.92 Å². The number of amides is 1. The van der Waals surface area contributed by atoms with Gasteiger partial charge >= 0.3 is 0 Å². The summed E-state index contributed by atoms with van der Waals surface area (Å²) < 4.78 is 0. The SMILES string of the molecule is Cc1cccc(C=NNC(=O)c2ccc(Cl)cc2)n1. The summed E-state index contributed by atoms with van der Waals surface area (Å²) in [6.45, 7) is 1.89. The van der Waals surface area contributed by atoms with Gasteiger partial charge in [0.2, 0.25) is 0 Å². The molecule has 2 aromatic rings. The lowest BCUT2D eigenvalue weighted by atomic mass is 10.2. The zero-order valence-electron chi connectivity index (χ0n) is 10.3. The molecule has 1 aromatic heterocycles. The largest absolute Gasteiger partial charge is 0.271 e. The summed E-state index contributed by atoms with van der Waals surface area (Å²) in [5.41, 5.74) is 4.52. The van der Waals surface area contributed by atoms with Crippen molar-refractivity contribution in [1.29, 1.82) is 0 Å².